The Morgan fingerprint density at radius 1 is 1.33 bits per heavy atom. The number of carboxylic acids is 1. The molecule has 2 amide bonds. The van der Waals surface area contributed by atoms with Gasteiger partial charge in [0.2, 0.25) is 0 Å². The van der Waals surface area contributed by atoms with Crippen molar-refractivity contribution in [3.8, 4) is 0 Å². The van der Waals surface area contributed by atoms with Gasteiger partial charge in [0.25, 0.3) is 0 Å². The molecule has 3 N–H and O–H groups in total. The fourth-order valence-corrected chi connectivity index (χ4v) is 2.63. The molecule has 1 aliphatic carbocycles. The highest BCUT2D eigenvalue weighted by Crippen LogP contribution is 2.42. The van der Waals surface area contributed by atoms with Gasteiger partial charge in [-0.15, -0.1) is 0 Å². The number of amides is 2. The van der Waals surface area contributed by atoms with E-state index in [9.17, 15) is 9.59 Å². The second-order valence-corrected chi connectivity index (χ2v) is 5.78. The molecule has 0 bridgehead atoms. The van der Waals surface area contributed by atoms with Crippen LogP contribution in [0.2, 0.25) is 0 Å². The van der Waals surface area contributed by atoms with Gasteiger partial charge in [0, 0.05) is 18.6 Å². The molecule has 0 spiro atoms. The van der Waals surface area contributed by atoms with Crippen molar-refractivity contribution in [1.82, 2.24) is 5.32 Å². The molecule has 1 aliphatic rings. The molecule has 0 heterocycles. The van der Waals surface area contributed by atoms with Gasteiger partial charge in [-0.05, 0) is 18.6 Å². The smallest absolute Gasteiger partial charge is 0.337 e. The highest BCUT2D eigenvalue weighted by molar-refractivity contribution is 6.00. The number of carbonyl (C=O) groups excluding carboxylic acids is 1. The Morgan fingerprint density at radius 2 is 2.00 bits per heavy atom. The molecule has 0 aliphatic heterocycles. The van der Waals surface area contributed by atoms with Crippen LogP contribution in [0, 0.1) is 5.41 Å². The summed E-state index contributed by atoms with van der Waals surface area (Å²) in [5.74, 6) is -1.07. The van der Waals surface area contributed by atoms with E-state index in [1.54, 1.807) is 25.3 Å². The van der Waals surface area contributed by atoms with Crippen LogP contribution >= 0.6 is 0 Å². The summed E-state index contributed by atoms with van der Waals surface area (Å²) >= 11 is 0. The second-order valence-electron chi connectivity index (χ2n) is 5.78. The van der Waals surface area contributed by atoms with Gasteiger partial charge in [0.05, 0.1) is 17.4 Å². The Balaban J connectivity index is 1.99. The minimum Gasteiger partial charge on any atom is -0.478 e. The number of aromatic carboxylic acids is 1. The lowest BCUT2D eigenvalue weighted by Crippen LogP contribution is -2.62. The van der Waals surface area contributed by atoms with Crippen molar-refractivity contribution < 1.29 is 19.4 Å². The molecule has 0 saturated heterocycles. The second kappa shape index (κ2) is 5.73. The fourth-order valence-electron chi connectivity index (χ4n) is 2.63. The number of nitrogens with one attached hydrogen (secondary N) is 2. The van der Waals surface area contributed by atoms with Crippen molar-refractivity contribution in [2.75, 3.05) is 12.4 Å². The third kappa shape index (κ3) is 3.00. The monoisotopic (exact) mass is 292 g/mol. The van der Waals surface area contributed by atoms with E-state index in [0.29, 0.717) is 0 Å². The molecule has 2 unspecified atom stereocenters. The summed E-state index contributed by atoms with van der Waals surface area (Å²) in [5.41, 5.74) is 0.205. The van der Waals surface area contributed by atoms with Crippen LogP contribution in [0.1, 0.15) is 30.6 Å². The zero-order valence-corrected chi connectivity index (χ0v) is 12.3. The Bertz CT molecular complexity index is 556. The zero-order valence-electron chi connectivity index (χ0n) is 12.3. The summed E-state index contributed by atoms with van der Waals surface area (Å²) in [6, 6.07) is 5.90. The van der Waals surface area contributed by atoms with Gasteiger partial charge in [-0.3, -0.25) is 0 Å². The van der Waals surface area contributed by atoms with Crippen molar-refractivity contribution in [3.05, 3.63) is 29.8 Å². The summed E-state index contributed by atoms with van der Waals surface area (Å²) in [7, 11) is 1.66. The van der Waals surface area contributed by atoms with E-state index in [1.807, 2.05) is 13.8 Å². The minimum absolute atomic E-state index is 0.000518. The van der Waals surface area contributed by atoms with Crippen LogP contribution < -0.4 is 10.6 Å². The van der Waals surface area contributed by atoms with E-state index in [0.717, 1.165) is 6.42 Å². The maximum Gasteiger partial charge on any atom is 0.337 e. The van der Waals surface area contributed by atoms with Crippen molar-refractivity contribution in [2.24, 2.45) is 5.41 Å². The van der Waals surface area contributed by atoms with Crippen LogP contribution in [-0.4, -0.2) is 36.4 Å². The third-order valence-corrected chi connectivity index (χ3v) is 4.17. The number of urea groups is 1. The molecule has 114 valence electrons. The van der Waals surface area contributed by atoms with Gasteiger partial charge in [0.15, 0.2) is 0 Å². The molecule has 2 atom stereocenters. The number of benzene rings is 1. The predicted octanol–water partition coefficient (Wildman–Crippen LogP) is 2.32. The first kappa shape index (κ1) is 15.3. The van der Waals surface area contributed by atoms with Gasteiger partial charge in [-0.1, -0.05) is 26.0 Å². The highest BCUT2D eigenvalue weighted by atomic mass is 16.5. The maximum absolute atomic E-state index is 12.0. The molecule has 1 aromatic rings. The van der Waals surface area contributed by atoms with E-state index >= 15 is 0 Å². The van der Waals surface area contributed by atoms with E-state index in [2.05, 4.69) is 10.6 Å². The first-order valence-corrected chi connectivity index (χ1v) is 6.79. The number of hydrogen-bond acceptors (Lipinski definition) is 3. The average Bonchev–Trinajstić information content (AvgIpc) is 2.43. The molecule has 0 aromatic heterocycles. The summed E-state index contributed by atoms with van der Waals surface area (Å²) in [4.78, 5) is 23.1. The number of methoxy groups -OCH3 is 1. The quantitative estimate of drug-likeness (QED) is 0.794. The van der Waals surface area contributed by atoms with Crippen molar-refractivity contribution in [3.63, 3.8) is 0 Å². The normalized spacial score (nSPS) is 23.0. The lowest BCUT2D eigenvalue weighted by Gasteiger charge is -2.51. The standard InChI is InChI=1S/C15H20N2O4/c1-15(2)11(8-12(15)21-3)17-14(20)16-10-7-5-4-6-9(10)13(18)19/h4-7,11-12H,8H2,1-3H3,(H,18,19)(H2,16,17,20). The summed E-state index contributed by atoms with van der Waals surface area (Å²) in [5, 5.41) is 14.5. The molecule has 6 heteroatoms. The van der Waals surface area contributed by atoms with Gasteiger partial charge in [-0.2, -0.15) is 0 Å². The predicted molar refractivity (Wildman–Crippen MR) is 78.5 cm³/mol. The third-order valence-electron chi connectivity index (χ3n) is 4.17. The van der Waals surface area contributed by atoms with Gasteiger partial charge in [-0.25, -0.2) is 9.59 Å². The van der Waals surface area contributed by atoms with E-state index < -0.39 is 12.0 Å². The highest BCUT2D eigenvalue weighted by Gasteiger charge is 2.49. The van der Waals surface area contributed by atoms with Crippen LogP contribution in [0.4, 0.5) is 10.5 Å². The van der Waals surface area contributed by atoms with Crippen LogP contribution in [0.15, 0.2) is 24.3 Å². The Labute approximate surface area is 123 Å². The van der Waals surface area contributed by atoms with Gasteiger partial charge >= 0.3 is 12.0 Å². The van der Waals surface area contributed by atoms with Gasteiger partial charge in [0.1, 0.15) is 0 Å². The zero-order chi connectivity index (χ0) is 15.6. The lowest BCUT2D eigenvalue weighted by molar-refractivity contribution is -0.0931. The molecule has 1 aromatic carbocycles. The SMILES string of the molecule is COC1CC(NC(=O)Nc2ccccc2C(=O)O)C1(C)C. The van der Waals surface area contributed by atoms with Crippen LogP contribution in [-0.2, 0) is 4.74 Å². The van der Waals surface area contributed by atoms with Crippen LogP contribution in [0.5, 0.6) is 0 Å². The van der Waals surface area contributed by atoms with Gasteiger partial charge < -0.3 is 20.5 Å². The number of carboxylic acid groups (broad SMARTS) is 1. The lowest BCUT2D eigenvalue weighted by atomic mass is 9.64. The molecule has 6 nitrogen and oxygen atoms in total. The van der Waals surface area contributed by atoms with Crippen LogP contribution in [0.25, 0.3) is 0 Å². The Hall–Kier alpha value is -2.08. The number of anilines is 1. The summed E-state index contributed by atoms with van der Waals surface area (Å²) in [6.45, 7) is 4.06. The van der Waals surface area contributed by atoms with E-state index in [-0.39, 0.29) is 28.8 Å². The molecule has 2 rings (SSSR count). The first-order valence-electron chi connectivity index (χ1n) is 6.79. The summed E-state index contributed by atoms with van der Waals surface area (Å²) < 4.78 is 5.33. The number of rotatable bonds is 4. The molecular weight excluding hydrogens is 272 g/mol. The number of hydrogen-bond donors (Lipinski definition) is 3. The number of carbonyl (C=O) groups is 2. The van der Waals surface area contributed by atoms with E-state index in [4.69, 9.17) is 9.84 Å². The van der Waals surface area contributed by atoms with Crippen molar-refractivity contribution in [2.45, 2.75) is 32.4 Å². The first-order chi connectivity index (χ1) is 9.86. The van der Waals surface area contributed by atoms with Crippen molar-refractivity contribution >= 4 is 17.7 Å². The Morgan fingerprint density at radius 3 is 2.57 bits per heavy atom. The van der Waals surface area contributed by atoms with Crippen molar-refractivity contribution in [1.29, 1.82) is 0 Å². The fraction of sp³-hybridized carbons (Fsp3) is 0.467. The van der Waals surface area contributed by atoms with E-state index in [1.165, 1.54) is 6.07 Å². The molecule has 21 heavy (non-hydrogen) atoms. The number of para-hydroxylation sites is 1. The largest absolute Gasteiger partial charge is 0.478 e. The minimum atomic E-state index is -1.07. The summed E-state index contributed by atoms with van der Waals surface area (Å²) in [6.07, 6.45) is 0.867. The molecule has 1 saturated carbocycles. The Kier molecular flexibility index (Phi) is 4.18. The number of ether oxygens (including phenoxy) is 1. The molecule has 1 fully saturated rings. The maximum atomic E-state index is 12.0. The van der Waals surface area contributed by atoms with Crippen LogP contribution in [0.3, 0.4) is 0 Å². The molecular formula is C15H20N2O4. The molecule has 0 radical (unpaired) electrons. The average molecular weight is 292 g/mol. The topological polar surface area (TPSA) is 87.7 Å².